The Morgan fingerprint density at radius 2 is 2.04 bits per heavy atom. The molecule has 0 saturated carbocycles. The van der Waals surface area contributed by atoms with Crippen LogP contribution in [0.1, 0.15) is 28.3 Å². The number of hydrogen-bond donors (Lipinski definition) is 2. The van der Waals surface area contributed by atoms with E-state index in [2.05, 4.69) is 15.5 Å². The molecule has 140 valence electrons. The molecule has 0 fully saturated rings. The van der Waals surface area contributed by atoms with Gasteiger partial charge in [0.1, 0.15) is 19.0 Å². The van der Waals surface area contributed by atoms with Gasteiger partial charge in [0.25, 0.3) is 0 Å². The molecule has 6 nitrogen and oxygen atoms in total. The minimum absolute atomic E-state index is 0.236. The molecule has 2 aromatic carbocycles. The number of H-pyrrole nitrogens is 1. The number of fused-ring (bicyclic) bond motifs is 1. The first kappa shape index (κ1) is 16.6. The predicted octanol–water partition coefficient (Wildman–Crippen LogP) is 3.67. The van der Waals surface area contributed by atoms with Gasteiger partial charge in [0.05, 0.1) is 11.3 Å². The van der Waals surface area contributed by atoms with Crippen LogP contribution in [0, 0.1) is 6.92 Å². The molecule has 0 spiro atoms. The second kappa shape index (κ2) is 6.56. The molecule has 0 amide bonds. The Morgan fingerprint density at radius 3 is 2.89 bits per heavy atom. The number of benzene rings is 2. The highest BCUT2D eigenvalue weighted by molar-refractivity contribution is 5.97. The normalized spacial score (nSPS) is 17.6. The molecule has 2 aliphatic heterocycles. The third-order valence-electron chi connectivity index (χ3n) is 5.17. The fourth-order valence-electron chi connectivity index (χ4n) is 3.84. The Morgan fingerprint density at radius 1 is 1.18 bits per heavy atom. The highest BCUT2D eigenvalue weighted by Crippen LogP contribution is 2.45. The van der Waals surface area contributed by atoms with Crippen molar-refractivity contribution < 1.29 is 14.3 Å². The maximum Gasteiger partial charge on any atom is 0.337 e. The van der Waals surface area contributed by atoms with Crippen molar-refractivity contribution in [3.05, 3.63) is 88.3 Å². The number of carbonyl (C=O) groups excluding carboxylic acids is 1. The lowest BCUT2D eigenvalue weighted by Gasteiger charge is -2.24. The number of nitrogens with zero attached hydrogens (tertiary/aromatic N) is 1. The summed E-state index contributed by atoms with van der Waals surface area (Å²) in [6.07, 6.45) is 0. The quantitative estimate of drug-likeness (QED) is 0.683. The number of nitrogens with one attached hydrogen (secondary N) is 2. The van der Waals surface area contributed by atoms with Gasteiger partial charge in [0.2, 0.25) is 0 Å². The summed E-state index contributed by atoms with van der Waals surface area (Å²) >= 11 is 0. The maximum atomic E-state index is 12.4. The van der Waals surface area contributed by atoms with Gasteiger partial charge in [-0.15, -0.1) is 0 Å². The zero-order valence-electron chi connectivity index (χ0n) is 15.4. The lowest BCUT2D eigenvalue weighted by molar-refractivity contribution is -0.136. The number of cyclic esters (lactones) is 1. The fraction of sp³-hybridized carbons (Fsp3) is 0.182. The Labute approximate surface area is 162 Å². The molecule has 0 aliphatic carbocycles. The summed E-state index contributed by atoms with van der Waals surface area (Å²) in [4.78, 5) is 12.4. The van der Waals surface area contributed by atoms with E-state index in [-0.39, 0.29) is 18.5 Å². The van der Waals surface area contributed by atoms with Gasteiger partial charge in [0, 0.05) is 17.2 Å². The number of aromatic amines is 1. The molecular formula is C22H19N3O3. The van der Waals surface area contributed by atoms with Crippen molar-refractivity contribution in [3.63, 3.8) is 0 Å². The molecule has 0 bridgehead atoms. The number of carbonyl (C=O) groups is 1. The molecule has 5 rings (SSSR count). The van der Waals surface area contributed by atoms with Gasteiger partial charge >= 0.3 is 5.97 Å². The molecule has 3 heterocycles. The molecule has 0 saturated heterocycles. The lowest BCUT2D eigenvalue weighted by atomic mass is 9.82. The molecule has 2 N–H and O–H groups in total. The molecule has 1 unspecified atom stereocenters. The van der Waals surface area contributed by atoms with Gasteiger partial charge in [0.15, 0.2) is 5.82 Å². The largest absolute Gasteiger partial charge is 0.489 e. The summed E-state index contributed by atoms with van der Waals surface area (Å²) in [5.74, 6) is 0.987. The second-order valence-corrected chi connectivity index (χ2v) is 6.98. The van der Waals surface area contributed by atoms with Crippen molar-refractivity contribution in [2.24, 2.45) is 0 Å². The Balaban J connectivity index is 1.51. The van der Waals surface area contributed by atoms with Gasteiger partial charge < -0.3 is 14.8 Å². The van der Waals surface area contributed by atoms with Crippen molar-refractivity contribution in [2.45, 2.75) is 19.4 Å². The van der Waals surface area contributed by atoms with E-state index >= 15 is 0 Å². The summed E-state index contributed by atoms with van der Waals surface area (Å²) in [6, 6.07) is 17.9. The van der Waals surface area contributed by atoms with Crippen LogP contribution in [0.2, 0.25) is 0 Å². The van der Waals surface area contributed by atoms with Gasteiger partial charge in [-0.25, -0.2) is 4.79 Å². The smallest absolute Gasteiger partial charge is 0.337 e. The van der Waals surface area contributed by atoms with Crippen molar-refractivity contribution in [1.29, 1.82) is 0 Å². The number of hydrogen-bond acceptors (Lipinski definition) is 5. The third kappa shape index (κ3) is 2.74. The van der Waals surface area contributed by atoms with Crippen LogP contribution < -0.4 is 10.1 Å². The Bertz CT molecular complexity index is 1090. The first-order valence-electron chi connectivity index (χ1n) is 9.19. The van der Waals surface area contributed by atoms with E-state index < -0.39 is 0 Å². The summed E-state index contributed by atoms with van der Waals surface area (Å²) in [5, 5.41) is 10.6. The van der Waals surface area contributed by atoms with E-state index in [9.17, 15) is 4.79 Å². The van der Waals surface area contributed by atoms with Crippen LogP contribution >= 0.6 is 0 Å². The van der Waals surface area contributed by atoms with Crippen LogP contribution in [0.5, 0.6) is 5.75 Å². The van der Waals surface area contributed by atoms with Crippen LogP contribution in [0.15, 0.2) is 65.9 Å². The molecule has 1 aromatic heterocycles. The van der Waals surface area contributed by atoms with Crippen molar-refractivity contribution in [2.75, 3.05) is 11.9 Å². The van der Waals surface area contributed by atoms with E-state index in [1.807, 2.05) is 61.5 Å². The van der Waals surface area contributed by atoms with Crippen molar-refractivity contribution in [3.8, 4) is 5.75 Å². The number of anilines is 1. The molecule has 3 aromatic rings. The van der Waals surface area contributed by atoms with E-state index in [1.54, 1.807) is 0 Å². The highest BCUT2D eigenvalue weighted by Gasteiger charge is 2.40. The molecule has 0 radical (unpaired) electrons. The van der Waals surface area contributed by atoms with Gasteiger partial charge in [-0.2, -0.15) is 5.10 Å². The number of aryl methyl sites for hydroxylation is 1. The summed E-state index contributed by atoms with van der Waals surface area (Å²) in [6.45, 7) is 2.70. The van der Waals surface area contributed by atoms with Crippen molar-refractivity contribution >= 4 is 11.8 Å². The minimum atomic E-state index is -0.283. The van der Waals surface area contributed by atoms with E-state index in [0.29, 0.717) is 12.2 Å². The zero-order valence-corrected chi connectivity index (χ0v) is 15.4. The zero-order chi connectivity index (χ0) is 19.1. The average molecular weight is 373 g/mol. The van der Waals surface area contributed by atoms with Gasteiger partial charge in [-0.1, -0.05) is 42.5 Å². The monoisotopic (exact) mass is 373 g/mol. The third-order valence-corrected chi connectivity index (χ3v) is 5.17. The first-order chi connectivity index (χ1) is 13.7. The SMILES string of the molecule is Cc1[nH]nc2c1C(c1cccc(OCc3ccccc3)c1)C1=C(COC1=O)N2. The van der Waals surface area contributed by atoms with Gasteiger partial charge in [-0.3, -0.25) is 5.10 Å². The summed E-state index contributed by atoms with van der Waals surface area (Å²) in [7, 11) is 0. The van der Waals surface area contributed by atoms with E-state index in [1.165, 1.54) is 0 Å². The molecular weight excluding hydrogens is 354 g/mol. The second-order valence-electron chi connectivity index (χ2n) is 6.98. The summed E-state index contributed by atoms with van der Waals surface area (Å²) < 4.78 is 11.3. The Kier molecular flexibility index (Phi) is 3.90. The highest BCUT2D eigenvalue weighted by atomic mass is 16.5. The fourth-order valence-corrected chi connectivity index (χ4v) is 3.84. The van der Waals surface area contributed by atoms with E-state index in [0.717, 1.165) is 39.6 Å². The number of ether oxygens (including phenoxy) is 2. The minimum Gasteiger partial charge on any atom is -0.489 e. The molecule has 2 aliphatic rings. The number of rotatable bonds is 4. The topological polar surface area (TPSA) is 76.2 Å². The number of aromatic nitrogens is 2. The maximum absolute atomic E-state index is 12.4. The van der Waals surface area contributed by atoms with Crippen molar-refractivity contribution in [1.82, 2.24) is 10.2 Å². The lowest BCUT2D eigenvalue weighted by Crippen LogP contribution is -2.19. The van der Waals surface area contributed by atoms with Gasteiger partial charge in [-0.05, 0) is 30.2 Å². The predicted molar refractivity (Wildman–Crippen MR) is 104 cm³/mol. The van der Waals surface area contributed by atoms with Crippen LogP contribution in [0.4, 0.5) is 5.82 Å². The van der Waals surface area contributed by atoms with Crippen LogP contribution in [0.25, 0.3) is 0 Å². The van der Waals surface area contributed by atoms with Crippen LogP contribution in [0.3, 0.4) is 0 Å². The molecule has 6 heteroatoms. The van der Waals surface area contributed by atoms with Crippen LogP contribution in [-0.2, 0) is 16.1 Å². The molecule has 28 heavy (non-hydrogen) atoms. The number of esters is 1. The van der Waals surface area contributed by atoms with E-state index in [4.69, 9.17) is 9.47 Å². The Hall–Kier alpha value is -3.54. The summed E-state index contributed by atoms with van der Waals surface area (Å²) in [5.41, 5.74) is 5.41. The molecule has 1 atom stereocenters. The first-order valence-corrected chi connectivity index (χ1v) is 9.19. The van der Waals surface area contributed by atoms with Crippen LogP contribution in [-0.4, -0.2) is 22.8 Å². The standard InChI is InChI=1S/C22H19N3O3/c1-13-18-19(20-17(12-28-22(20)26)23-21(18)25-24-13)15-8-5-9-16(10-15)27-11-14-6-3-2-4-7-14/h2-10,19H,11-12H2,1H3,(H2,23,24,25). The average Bonchev–Trinajstić information content (AvgIpc) is 3.29.